The van der Waals surface area contributed by atoms with E-state index >= 15 is 0 Å². The topological polar surface area (TPSA) is 38.0 Å². The van der Waals surface area contributed by atoms with Gasteiger partial charge in [-0.25, -0.2) is 0 Å². The van der Waals surface area contributed by atoms with Gasteiger partial charge in [-0.05, 0) is 11.6 Å². The van der Waals surface area contributed by atoms with E-state index in [2.05, 4.69) is 5.32 Å². The largest absolute Gasteiger partial charge is 0.418 e. The number of fused-ring (bicyclic) bond motifs is 1. The Bertz CT molecular complexity index is 373. The first-order valence-electron chi connectivity index (χ1n) is 4.68. The van der Waals surface area contributed by atoms with Gasteiger partial charge in [0.1, 0.15) is 0 Å². The van der Waals surface area contributed by atoms with Crippen LogP contribution in [0.5, 0.6) is 0 Å². The van der Waals surface area contributed by atoms with Gasteiger partial charge in [-0.2, -0.15) is 13.2 Å². The van der Waals surface area contributed by atoms with Crippen LogP contribution in [-0.2, 0) is 6.18 Å². The van der Waals surface area contributed by atoms with Crippen molar-refractivity contribution in [1.29, 1.82) is 0 Å². The van der Waals surface area contributed by atoms with Crippen molar-refractivity contribution in [2.75, 3.05) is 18.4 Å². The maximum atomic E-state index is 12.6. The molecule has 0 aromatic heterocycles. The number of anilines is 1. The third-order valence-electron chi connectivity index (χ3n) is 2.65. The molecular weight excluding hydrogens is 205 g/mol. The van der Waals surface area contributed by atoms with Crippen LogP contribution in [0.15, 0.2) is 18.2 Å². The number of rotatable bonds is 1. The summed E-state index contributed by atoms with van der Waals surface area (Å²) in [5.41, 5.74) is 5.75. The predicted octanol–water partition coefficient (Wildman–Crippen LogP) is 2.17. The second-order valence-corrected chi connectivity index (χ2v) is 3.58. The summed E-state index contributed by atoms with van der Waals surface area (Å²) in [4.78, 5) is 0. The number of benzene rings is 1. The lowest BCUT2D eigenvalue weighted by Crippen LogP contribution is -2.13. The fourth-order valence-electron chi connectivity index (χ4n) is 1.89. The fourth-order valence-corrected chi connectivity index (χ4v) is 1.89. The molecule has 0 amide bonds. The van der Waals surface area contributed by atoms with Gasteiger partial charge in [-0.3, -0.25) is 0 Å². The molecule has 0 spiro atoms. The molecule has 1 aromatic carbocycles. The van der Waals surface area contributed by atoms with Gasteiger partial charge in [-0.15, -0.1) is 0 Å². The van der Waals surface area contributed by atoms with Crippen LogP contribution in [-0.4, -0.2) is 13.1 Å². The van der Waals surface area contributed by atoms with E-state index in [0.29, 0.717) is 18.7 Å². The standard InChI is InChI=1S/C10H11F3N2/c11-10(12,13)8-3-1-2-7-6(4-14)5-15-9(7)8/h1-3,6,15H,4-5,14H2. The van der Waals surface area contributed by atoms with Crippen LogP contribution >= 0.6 is 0 Å². The normalized spacial score (nSPS) is 19.9. The van der Waals surface area contributed by atoms with Gasteiger partial charge in [0.15, 0.2) is 0 Å². The second kappa shape index (κ2) is 3.41. The second-order valence-electron chi connectivity index (χ2n) is 3.58. The van der Waals surface area contributed by atoms with Gasteiger partial charge >= 0.3 is 6.18 Å². The van der Waals surface area contributed by atoms with Gasteiger partial charge in [0.2, 0.25) is 0 Å². The average Bonchev–Trinajstić information content (AvgIpc) is 2.58. The minimum absolute atomic E-state index is 0.0118. The highest BCUT2D eigenvalue weighted by atomic mass is 19.4. The Labute approximate surface area is 85.3 Å². The number of alkyl halides is 3. The molecule has 2 rings (SSSR count). The quantitative estimate of drug-likeness (QED) is 0.755. The lowest BCUT2D eigenvalue weighted by Gasteiger charge is -2.12. The highest BCUT2D eigenvalue weighted by Crippen LogP contribution is 2.41. The van der Waals surface area contributed by atoms with E-state index < -0.39 is 11.7 Å². The minimum Gasteiger partial charge on any atom is -0.384 e. The molecule has 1 heterocycles. The smallest absolute Gasteiger partial charge is 0.384 e. The van der Waals surface area contributed by atoms with Crippen LogP contribution in [0.4, 0.5) is 18.9 Å². The predicted molar refractivity (Wildman–Crippen MR) is 51.7 cm³/mol. The zero-order valence-electron chi connectivity index (χ0n) is 7.93. The van der Waals surface area contributed by atoms with Crippen molar-refractivity contribution in [3.05, 3.63) is 29.3 Å². The van der Waals surface area contributed by atoms with Gasteiger partial charge in [-0.1, -0.05) is 12.1 Å². The van der Waals surface area contributed by atoms with Crippen LogP contribution in [0.25, 0.3) is 0 Å². The molecule has 15 heavy (non-hydrogen) atoms. The average molecular weight is 216 g/mol. The van der Waals surface area contributed by atoms with Crippen molar-refractivity contribution in [3.8, 4) is 0 Å². The van der Waals surface area contributed by atoms with E-state index in [-0.39, 0.29) is 11.6 Å². The van der Waals surface area contributed by atoms with Crippen LogP contribution in [0, 0.1) is 0 Å². The molecule has 3 N–H and O–H groups in total. The molecular formula is C10H11F3N2. The Morgan fingerprint density at radius 3 is 2.73 bits per heavy atom. The lowest BCUT2D eigenvalue weighted by atomic mass is 9.99. The molecule has 2 nitrogen and oxygen atoms in total. The van der Waals surface area contributed by atoms with Gasteiger partial charge < -0.3 is 11.1 Å². The Morgan fingerprint density at radius 1 is 1.40 bits per heavy atom. The molecule has 1 aliphatic rings. The molecule has 1 unspecified atom stereocenters. The maximum absolute atomic E-state index is 12.6. The third kappa shape index (κ3) is 1.67. The van der Waals surface area contributed by atoms with Crippen LogP contribution in [0.3, 0.4) is 0 Å². The van der Waals surface area contributed by atoms with Gasteiger partial charge in [0.05, 0.1) is 11.3 Å². The van der Waals surface area contributed by atoms with Crippen LogP contribution in [0.2, 0.25) is 0 Å². The number of nitrogens with two attached hydrogens (primary N) is 1. The van der Waals surface area contributed by atoms with Crippen molar-refractivity contribution >= 4 is 5.69 Å². The fraction of sp³-hybridized carbons (Fsp3) is 0.400. The summed E-state index contributed by atoms with van der Waals surface area (Å²) in [6.45, 7) is 0.847. The number of hydrogen-bond acceptors (Lipinski definition) is 2. The van der Waals surface area contributed by atoms with E-state index in [4.69, 9.17) is 5.73 Å². The zero-order chi connectivity index (χ0) is 11.1. The summed E-state index contributed by atoms with van der Waals surface area (Å²) in [5, 5.41) is 2.78. The van der Waals surface area contributed by atoms with Crippen LogP contribution < -0.4 is 11.1 Å². The highest BCUT2D eigenvalue weighted by Gasteiger charge is 2.36. The molecule has 0 fully saturated rings. The van der Waals surface area contributed by atoms with Crippen molar-refractivity contribution in [1.82, 2.24) is 0 Å². The Balaban J connectivity index is 2.49. The van der Waals surface area contributed by atoms with Crippen molar-refractivity contribution in [2.24, 2.45) is 5.73 Å². The molecule has 1 aromatic rings. The Morgan fingerprint density at radius 2 is 2.13 bits per heavy atom. The van der Waals surface area contributed by atoms with Gasteiger partial charge in [0, 0.05) is 19.0 Å². The molecule has 5 heteroatoms. The summed E-state index contributed by atoms with van der Waals surface area (Å²) in [6.07, 6.45) is -4.30. The molecule has 1 atom stereocenters. The molecule has 0 aliphatic carbocycles. The SMILES string of the molecule is NCC1CNc2c1cccc2C(F)(F)F. The summed E-state index contributed by atoms with van der Waals surface area (Å²) in [7, 11) is 0. The maximum Gasteiger partial charge on any atom is 0.418 e. The van der Waals surface area contributed by atoms with Crippen molar-refractivity contribution in [3.63, 3.8) is 0 Å². The van der Waals surface area contributed by atoms with Crippen molar-refractivity contribution < 1.29 is 13.2 Å². The van der Waals surface area contributed by atoms with Crippen LogP contribution in [0.1, 0.15) is 17.0 Å². The molecule has 82 valence electrons. The number of para-hydroxylation sites is 1. The summed E-state index contributed by atoms with van der Waals surface area (Å²) >= 11 is 0. The highest BCUT2D eigenvalue weighted by molar-refractivity contribution is 5.64. The van der Waals surface area contributed by atoms with E-state index in [1.807, 2.05) is 0 Å². The minimum atomic E-state index is -4.30. The first kappa shape index (κ1) is 10.3. The van der Waals surface area contributed by atoms with Crippen molar-refractivity contribution in [2.45, 2.75) is 12.1 Å². The number of halogens is 3. The van der Waals surface area contributed by atoms with Gasteiger partial charge in [0.25, 0.3) is 0 Å². The number of hydrogen-bond donors (Lipinski definition) is 2. The van der Waals surface area contributed by atoms with E-state index in [1.165, 1.54) is 6.07 Å². The molecule has 0 radical (unpaired) electrons. The molecule has 1 aliphatic heterocycles. The molecule has 0 saturated carbocycles. The summed E-state index contributed by atoms with van der Waals surface area (Å²) in [6, 6.07) is 4.21. The lowest BCUT2D eigenvalue weighted by molar-refractivity contribution is -0.136. The van der Waals surface area contributed by atoms with E-state index in [9.17, 15) is 13.2 Å². The third-order valence-corrected chi connectivity index (χ3v) is 2.65. The first-order chi connectivity index (χ1) is 7.04. The molecule has 0 bridgehead atoms. The summed E-state index contributed by atoms with van der Waals surface area (Å²) < 4.78 is 37.8. The monoisotopic (exact) mass is 216 g/mol. The van der Waals surface area contributed by atoms with E-state index in [0.717, 1.165) is 6.07 Å². The zero-order valence-corrected chi connectivity index (χ0v) is 7.93. The molecule has 0 saturated heterocycles. The summed E-state index contributed by atoms with van der Waals surface area (Å²) in [5.74, 6) is -0.0118. The Kier molecular flexibility index (Phi) is 2.34. The Hall–Kier alpha value is -1.23. The number of nitrogens with one attached hydrogen (secondary N) is 1. The first-order valence-corrected chi connectivity index (χ1v) is 4.68. The van der Waals surface area contributed by atoms with E-state index in [1.54, 1.807) is 6.07 Å².